The van der Waals surface area contributed by atoms with Crippen molar-refractivity contribution in [1.82, 2.24) is 4.98 Å². The zero-order valence-electron chi connectivity index (χ0n) is 14.9. The monoisotopic (exact) mass is 417 g/mol. The van der Waals surface area contributed by atoms with E-state index in [1.807, 2.05) is 30.3 Å². The Morgan fingerprint density at radius 2 is 1.88 bits per heavy atom. The Bertz CT molecular complexity index is 836. The summed E-state index contributed by atoms with van der Waals surface area (Å²) in [6, 6.07) is 8.89. The molecule has 0 aliphatic rings. The maximum absolute atomic E-state index is 12.2. The van der Waals surface area contributed by atoms with Gasteiger partial charge >= 0.3 is 0 Å². The average molecular weight is 418 g/mol. The molecule has 1 aromatic heterocycles. The van der Waals surface area contributed by atoms with Gasteiger partial charge in [0.15, 0.2) is 5.13 Å². The first-order valence-electron chi connectivity index (χ1n) is 7.97. The molecule has 1 unspecified atom stereocenters. The molecule has 1 atom stereocenters. The predicted molar refractivity (Wildman–Crippen MR) is 110 cm³/mol. The van der Waals surface area contributed by atoms with Gasteiger partial charge in [0, 0.05) is 16.7 Å². The third-order valence-electron chi connectivity index (χ3n) is 3.59. The topological polar surface area (TPSA) is 102 Å². The lowest BCUT2D eigenvalue weighted by Crippen LogP contribution is -2.37. The predicted octanol–water partition coefficient (Wildman–Crippen LogP) is 3.06. The van der Waals surface area contributed by atoms with Crippen LogP contribution in [0.15, 0.2) is 30.3 Å². The van der Waals surface area contributed by atoms with E-state index in [9.17, 15) is 13.2 Å². The Labute approximate surface area is 164 Å². The first-order chi connectivity index (χ1) is 11.7. The van der Waals surface area contributed by atoms with E-state index in [2.05, 4.69) is 24.1 Å². The Morgan fingerprint density at radius 3 is 2.42 bits per heavy atom. The Hall–Kier alpha value is -1.48. The number of aromatic nitrogens is 1. The van der Waals surface area contributed by atoms with Gasteiger partial charge in [0.2, 0.25) is 5.91 Å². The average Bonchev–Trinajstić information content (AvgIpc) is 2.96. The van der Waals surface area contributed by atoms with E-state index in [0.29, 0.717) is 5.13 Å². The number of amides is 1. The molecule has 26 heavy (non-hydrogen) atoms. The summed E-state index contributed by atoms with van der Waals surface area (Å²) in [7, 11) is -3.15. The SMILES string of the molecule is CC(C)c1sc(NC(=O)C(N)CCS(C)(=O)=O)nc1-c1ccccc1.Cl. The summed E-state index contributed by atoms with van der Waals surface area (Å²) in [5.41, 5.74) is 7.63. The molecule has 3 N–H and O–H groups in total. The highest BCUT2D eigenvalue weighted by Crippen LogP contribution is 2.36. The van der Waals surface area contributed by atoms with Gasteiger partial charge in [-0.3, -0.25) is 4.79 Å². The van der Waals surface area contributed by atoms with Crippen LogP contribution in [-0.2, 0) is 14.6 Å². The molecule has 0 fully saturated rings. The highest BCUT2D eigenvalue weighted by atomic mass is 35.5. The molecule has 1 heterocycles. The second-order valence-corrected chi connectivity index (χ2v) is 9.56. The van der Waals surface area contributed by atoms with Gasteiger partial charge in [0.05, 0.1) is 17.5 Å². The number of benzene rings is 1. The second-order valence-electron chi connectivity index (χ2n) is 6.27. The number of hydrogen-bond acceptors (Lipinski definition) is 6. The summed E-state index contributed by atoms with van der Waals surface area (Å²) < 4.78 is 22.4. The van der Waals surface area contributed by atoms with Crippen LogP contribution in [0.3, 0.4) is 0 Å². The third-order valence-corrected chi connectivity index (χ3v) is 5.84. The number of sulfone groups is 1. The molecule has 0 radical (unpaired) electrons. The number of halogens is 1. The van der Waals surface area contributed by atoms with Gasteiger partial charge in [-0.15, -0.1) is 23.7 Å². The minimum atomic E-state index is -3.15. The van der Waals surface area contributed by atoms with E-state index in [0.717, 1.165) is 22.4 Å². The van der Waals surface area contributed by atoms with Crippen molar-refractivity contribution in [3.63, 3.8) is 0 Å². The maximum atomic E-state index is 12.2. The molecule has 2 rings (SSSR count). The van der Waals surface area contributed by atoms with E-state index >= 15 is 0 Å². The van der Waals surface area contributed by atoms with Crippen molar-refractivity contribution < 1.29 is 13.2 Å². The largest absolute Gasteiger partial charge is 0.320 e. The lowest BCUT2D eigenvalue weighted by atomic mass is 10.1. The van der Waals surface area contributed by atoms with Gasteiger partial charge in [-0.25, -0.2) is 13.4 Å². The molecule has 144 valence electrons. The Balaban J connectivity index is 0.00000338. The van der Waals surface area contributed by atoms with Crippen LogP contribution >= 0.6 is 23.7 Å². The van der Waals surface area contributed by atoms with E-state index in [4.69, 9.17) is 5.73 Å². The van der Waals surface area contributed by atoms with Crippen LogP contribution < -0.4 is 11.1 Å². The molecule has 9 heteroatoms. The Kier molecular flexibility index (Phi) is 8.20. The van der Waals surface area contributed by atoms with Gasteiger partial charge in [0.1, 0.15) is 9.84 Å². The molecule has 0 aliphatic carbocycles. The quantitative estimate of drug-likeness (QED) is 0.720. The third kappa shape index (κ3) is 6.35. The fraction of sp³-hybridized carbons (Fsp3) is 0.412. The number of thiazole rings is 1. The van der Waals surface area contributed by atoms with Crippen molar-refractivity contribution in [3.8, 4) is 11.3 Å². The molecule has 1 amide bonds. The second kappa shape index (κ2) is 9.45. The number of anilines is 1. The van der Waals surface area contributed by atoms with Gasteiger partial charge in [0.25, 0.3) is 0 Å². The van der Waals surface area contributed by atoms with Gasteiger partial charge < -0.3 is 11.1 Å². The van der Waals surface area contributed by atoms with Crippen molar-refractivity contribution >= 4 is 44.6 Å². The number of hydrogen-bond donors (Lipinski definition) is 2. The van der Waals surface area contributed by atoms with Crippen molar-refractivity contribution in [2.75, 3.05) is 17.3 Å². The van der Waals surface area contributed by atoms with Crippen LogP contribution in [0.25, 0.3) is 11.3 Å². The van der Waals surface area contributed by atoms with Crippen molar-refractivity contribution in [1.29, 1.82) is 0 Å². The van der Waals surface area contributed by atoms with E-state index < -0.39 is 21.8 Å². The summed E-state index contributed by atoms with van der Waals surface area (Å²) in [4.78, 5) is 17.8. The number of carbonyl (C=O) groups excluding carboxylic acids is 1. The highest BCUT2D eigenvalue weighted by molar-refractivity contribution is 7.90. The van der Waals surface area contributed by atoms with Crippen LogP contribution in [-0.4, -0.2) is 37.4 Å². The minimum Gasteiger partial charge on any atom is -0.320 e. The summed E-state index contributed by atoms with van der Waals surface area (Å²) >= 11 is 1.41. The van der Waals surface area contributed by atoms with Gasteiger partial charge in [-0.1, -0.05) is 44.2 Å². The number of rotatable bonds is 7. The van der Waals surface area contributed by atoms with Crippen LogP contribution in [0, 0.1) is 0 Å². The summed E-state index contributed by atoms with van der Waals surface area (Å²) in [5.74, 6) is -0.282. The minimum absolute atomic E-state index is 0. The zero-order valence-corrected chi connectivity index (χ0v) is 17.4. The molecular weight excluding hydrogens is 394 g/mol. The maximum Gasteiger partial charge on any atom is 0.243 e. The van der Waals surface area contributed by atoms with E-state index in [-0.39, 0.29) is 30.5 Å². The zero-order chi connectivity index (χ0) is 18.6. The lowest BCUT2D eigenvalue weighted by molar-refractivity contribution is -0.117. The van der Waals surface area contributed by atoms with Crippen LogP contribution in [0.1, 0.15) is 31.1 Å². The summed E-state index contributed by atoms with van der Waals surface area (Å²) in [6.07, 6.45) is 1.21. The Morgan fingerprint density at radius 1 is 1.27 bits per heavy atom. The first-order valence-corrected chi connectivity index (χ1v) is 10.9. The molecule has 0 bridgehead atoms. The smallest absolute Gasteiger partial charge is 0.243 e. The molecule has 0 aliphatic heterocycles. The van der Waals surface area contributed by atoms with Crippen LogP contribution in [0.4, 0.5) is 5.13 Å². The molecule has 1 aromatic carbocycles. The highest BCUT2D eigenvalue weighted by Gasteiger charge is 2.20. The number of nitrogens with two attached hydrogens (primary N) is 1. The van der Waals surface area contributed by atoms with Crippen molar-refractivity contribution in [2.24, 2.45) is 5.73 Å². The lowest BCUT2D eigenvalue weighted by Gasteiger charge is -2.09. The van der Waals surface area contributed by atoms with Crippen molar-refractivity contribution in [2.45, 2.75) is 32.2 Å². The molecule has 0 spiro atoms. The van der Waals surface area contributed by atoms with Gasteiger partial charge in [-0.2, -0.15) is 0 Å². The fourth-order valence-electron chi connectivity index (χ4n) is 2.25. The number of nitrogens with one attached hydrogen (secondary N) is 1. The molecule has 0 saturated heterocycles. The molecular formula is C17H24ClN3O3S2. The molecule has 2 aromatic rings. The molecule has 6 nitrogen and oxygen atoms in total. The first kappa shape index (κ1) is 22.6. The normalized spacial score (nSPS) is 12.5. The van der Waals surface area contributed by atoms with E-state index in [1.54, 1.807) is 0 Å². The van der Waals surface area contributed by atoms with Crippen LogP contribution in [0.2, 0.25) is 0 Å². The van der Waals surface area contributed by atoms with E-state index in [1.165, 1.54) is 11.3 Å². The number of nitrogens with zero attached hydrogens (tertiary/aromatic N) is 1. The van der Waals surface area contributed by atoms with Crippen LogP contribution in [0.5, 0.6) is 0 Å². The fourth-order valence-corrected chi connectivity index (χ4v) is 3.92. The van der Waals surface area contributed by atoms with Crippen molar-refractivity contribution in [3.05, 3.63) is 35.2 Å². The summed E-state index contributed by atoms with van der Waals surface area (Å²) in [5, 5.41) is 3.19. The standard InChI is InChI=1S/C17H23N3O3S2.ClH/c1-11(2)15-14(12-7-5-4-6-8-12)19-17(24-15)20-16(21)13(18)9-10-25(3,22)23;/h4-8,11,13H,9-10,18H2,1-3H3,(H,19,20,21);1H. The van der Waals surface area contributed by atoms with Gasteiger partial charge in [-0.05, 0) is 12.3 Å². The molecule has 0 saturated carbocycles. The summed E-state index contributed by atoms with van der Waals surface area (Å²) in [6.45, 7) is 4.15. The number of carbonyl (C=O) groups is 1.